The van der Waals surface area contributed by atoms with Crippen molar-refractivity contribution in [3.63, 3.8) is 0 Å². The summed E-state index contributed by atoms with van der Waals surface area (Å²) >= 11 is 0. The number of hydrogen-bond donors (Lipinski definition) is 2. The van der Waals surface area contributed by atoms with Gasteiger partial charge in [-0.1, -0.05) is 19.1 Å². The quantitative estimate of drug-likeness (QED) is 0.578. The number of nitrogens with one attached hydrogen (secondary N) is 1. The van der Waals surface area contributed by atoms with Crippen LogP contribution in [0.3, 0.4) is 0 Å². The number of rotatable bonds is 10. The molecule has 0 aliphatic carbocycles. The van der Waals surface area contributed by atoms with Gasteiger partial charge in [0, 0.05) is 24.1 Å². The van der Waals surface area contributed by atoms with E-state index in [1.54, 1.807) is 62.4 Å². The van der Waals surface area contributed by atoms with Gasteiger partial charge in [0.15, 0.2) is 5.78 Å². The summed E-state index contributed by atoms with van der Waals surface area (Å²) in [5.41, 5.74) is 0.739. The average Bonchev–Trinajstić information content (AvgIpc) is 2.71. The first-order valence-corrected chi connectivity index (χ1v) is 9.64. The number of carboxylic acids is 1. The molecule has 0 aliphatic heterocycles. The van der Waals surface area contributed by atoms with E-state index in [2.05, 4.69) is 5.32 Å². The number of ketones is 1. The molecule has 0 aromatic heterocycles. The molecular weight excluding hydrogens is 370 g/mol. The van der Waals surface area contributed by atoms with Gasteiger partial charge >= 0.3 is 5.97 Å². The number of benzene rings is 2. The van der Waals surface area contributed by atoms with Crippen LogP contribution in [0.5, 0.6) is 5.75 Å². The zero-order chi connectivity index (χ0) is 21.4. The van der Waals surface area contributed by atoms with Crippen molar-refractivity contribution in [1.29, 1.82) is 0 Å². The maximum atomic E-state index is 12.3. The highest BCUT2D eigenvalue weighted by atomic mass is 16.5. The second kappa shape index (κ2) is 9.87. The third-order valence-corrected chi connectivity index (χ3v) is 4.65. The van der Waals surface area contributed by atoms with Gasteiger partial charge in [-0.05, 0) is 62.2 Å². The van der Waals surface area contributed by atoms with Gasteiger partial charge < -0.3 is 15.2 Å². The Hall–Kier alpha value is -3.15. The molecular formula is C23H27NO5. The number of Topliss-reactive ketones (excluding diaryl/α,β-unsaturated/α-hetero) is 1. The van der Waals surface area contributed by atoms with Crippen LogP contribution in [-0.4, -0.2) is 29.4 Å². The molecule has 2 aromatic carbocycles. The summed E-state index contributed by atoms with van der Waals surface area (Å²) in [6.45, 7) is 5.89. The molecule has 0 saturated heterocycles. The molecule has 0 bridgehead atoms. The summed E-state index contributed by atoms with van der Waals surface area (Å²) in [6.07, 6.45) is 1.08. The highest BCUT2D eigenvalue weighted by molar-refractivity contribution is 6.00. The summed E-state index contributed by atoms with van der Waals surface area (Å²) in [5.74, 6) is -0.583. The number of hydrogen-bond acceptors (Lipinski definition) is 4. The van der Waals surface area contributed by atoms with Gasteiger partial charge in [0.25, 0.3) is 0 Å². The van der Waals surface area contributed by atoms with E-state index in [9.17, 15) is 19.5 Å². The van der Waals surface area contributed by atoms with Crippen molar-refractivity contribution in [3.8, 4) is 5.75 Å². The summed E-state index contributed by atoms with van der Waals surface area (Å²) < 4.78 is 5.49. The Morgan fingerprint density at radius 3 is 2.14 bits per heavy atom. The minimum atomic E-state index is -1.01. The van der Waals surface area contributed by atoms with E-state index < -0.39 is 11.4 Å². The second-order valence-corrected chi connectivity index (χ2v) is 7.35. The zero-order valence-corrected chi connectivity index (χ0v) is 17.0. The van der Waals surface area contributed by atoms with Crippen LogP contribution in [0.4, 0.5) is 5.69 Å². The van der Waals surface area contributed by atoms with Crippen molar-refractivity contribution >= 4 is 23.3 Å². The smallest absolute Gasteiger partial charge is 0.313 e. The molecule has 2 N–H and O–H groups in total. The summed E-state index contributed by atoms with van der Waals surface area (Å²) in [4.78, 5) is 35.7. The third kappa shape index (κ3) is 6.17. The number of ether oxygens (including phenoxy) is 1. The summed E-state index contributed by atoms with van der Waals surface area (Å²) in [7, 11) is 0. The Bertz CT molecular complexity index is 854. The predicted octanol–water partition coefficient (Wildman–Crippen LogP) is 4.44. The lowest BCUT2D eigenvalue weighted by atomic mass is 9.85. The molecule has 0 spiro atoms. The van der Waals surface area contributed by atoms with Crippen LogP contribution in [0.15, 0.2) is 48.5 Å². The predicted molar refractivity (Wildman–Crippen MR) is 112 cm³/mol. The number of anilines is 1. The largest absolute Gasteiger partial charge is 0.494 e. The van der Waals surface area contributed by atoms with Gasteiger partial charge in [0.05, 0.1) is 12.0 Å². The van der Waals surface area contributed by atoms with Gasteiger partial charge in [-0.2, -0.15) is 0 Å². The Labute approximate surface area is 170 Å². The van der Waals surface area contributed by atoms with Crippen LogP contribution < -0.4 is 10.1 Å². The van der Waals surface area contributed by atoms with E-state index >= 15 is 0 Å². The maximum absolute atomic E-state index is 12.3. The molecule has 154 valence electrons. The van der Waals surface area contributed by atoms with Crippen LogP contribution in [0, 0.1) is 0 Å². The molecule has 0 atom stereocenters. The Morgan fingerprint density at radius 2 is 1.59 bits per heavy atom. The van der Waals surface area contributed by atoms with Crippen LogP contribution in [0.2, 0.25) is 0 Å². The minimum Gasteiger partial charge on any atom is -0.494 e. The average molecular weight is 397 g/mol. The zero-order valence-electron chi connectivity index (χ0n) is 17.0. The lowest BCUT2D eigenvalue weighted by Gasteiger charge is -2.19. The van der Waals surface area contributed by atoms with Crippen molar-refractivity contribution in [2.75, 3.05) is 11.9 Å². The standard InChI is InChI=1S/C23H27NO5/c1-4-15-29-19-11-5-16(6-12-19)20(25)13-14-21(26)24-18-9-7-17(8-10-18)23(2,3)22(27)28/h5-12H,4,13-15H2,1-3H3,(H,24,26)(H,27,28). The van der Waals surface area contributed by atoms with Crippen LogP contribution >= 0.6 is 0 Å². The van der Waals surface area contributed by atoms with Crippen LogP contribution in [0.1, 0.15) is 56.0 Å². The van der Waals surface area contributed by atoms with E-state index in [1.165, 1.54) is 0 Å². The monoisotopic (exact) mass is 397 g/mol. The second-order valence-electron chi connectivity index (χ2n) is 7.35. The Kier molecular flexibility index (Phi) is 7.53. The fourth-order valence-electron chi connectivity index (χ4n) is 2.65. The highest BCUT2D eigenvalue weighted by Crippen LogP contribution is 2.25. The number of aliphatic carboxylic acids is 1. The summed E-state index contributed by atoms with van der Waals surface area (Å²) in [5, 5.41) is 12.0. The molecule has 0 radical (unpaired) electrons. The SMILES string of the molecule is CCCOc1ccc(C(=O)CCC(=O)Nc2ccc(C(C)(C)C(=O)O)cc2)cc1. The van der Waals surface area contributed by atoms with Gasteiger partial charge in [0.1, 0.15) is 5.75 Å². The van der Waals surface area contributed by atoms with Crippen molar-refractivity contribution in [2.45, 2.75) is 45.4 Å². The number of carbonyl (C=O) groups is 3. The van der Waals surface area contributed by atoms with Crippen molar-refractivity contribution < 1.29 is 24.2 Å². The molecule has 0 heterocycles. The lowest BCUT2D eigenvalue weighted by Crippen LogP contribution is -2.28. The van der Waals surface area contributed by atoms with E-state index in [0.29, 0.717) is 23.4 Å². The first-order chi connectivity index (χ1) is 13.7. The maximum Gasteiger partial charge on any atom is 0.313 e. The van der Waals surface area contributed by atoms with Gasteiger partial charge in [-0.3, -0.25) is 14.4 Å². The van der Waals surface area contributed by atoms with E-state index in [-0.39, 0.29) is 24.5 Å². The normalized spacial score (nSPS) is 11.0. The fourth-order valence-corrected chi connectivity index (χ4v) is 2.65. The van der Waals surface area contributed by atoms with Crippen LogP contribution in [-0.2, 0) is 15.0 Å². The van der Waals surface area contributed by atoms with Crippen LogP contribution in [0.25, 0.3) is 0 Å². The highest BCUT2D eigenvalue weighted by Gasteiger charge is 2.29. The molecule has 0 unspecified atom stereocenters. The first-order valence-electron chi connectivity index (χ1n) is 9.64. The molecule has 2 rings (SSSR count). The molecule has 6 nitrogen and oxygen atoms in total. The van der Waals surface area contributed by atoms with Gasteiger partial charge in [-0.25, -0.2) is 0 Å². The van der Waals surface area contributed by atoms with E-state index in [0.717, 1.165) is 12.2 Å². The minimum absolute atomic E-state index is 0.0648. The van der Waals surface area contributed by atoms with Gasteiger partial charge in [-0.15, -0.1) is 0 Å². The fraction of sp³-hybridized carbons (Fsp3) is 0.348. The molecule has 2 aromatic rings. The topological polar surface area (TPSA) is 92.7 Å². The summed E-state index contributed by atoms with van der Waals surface area (Å²) in [6, 6.07) is 13.6. The molecule has 0 saturated carbocycles. The number of amides is 1. The van der Waals surface area contributed by atoms with E-state index in [1.807, 2.05) is 6.92 Å². The van der Waals surface area contributed by atoms with Crippen molar-refractivity contribution in [1.82, 2.24) is 0 Å². The Balaban J connectivity index is 1.86. The molecule has 29 heavy (non-hydrogen) atoms. The Morgan fingerprint density at radius 1 is 0.966 bits per heavy atom. The molecule has 6 heteroatoms. The number of carbonyl (C=O) groups excluding carboxylic acids is 2. The molecule has 1 amide bonds. The third-order valence-electron chi connectivity index (χ3n) is 4.65. The van der Waals surface area contributed by atoms with Crippen molar-refractivity contribution in [2.24, 2.45) is 0 Å². The number of carboxylic acid groups (broad SMARTS) is 1. The van der Waals surface area contributed by atoms with E-state index in [4.69, 9.17) is 4.74 Å². The first kappa shape index (κ1) is 22.1. The molecule has 0 fully saturated rings. The van der Waals surface area contributed by atoms with Gasteiger partial charge in [0.2, 0.25) is 5.91 Å². The van der Waals surface area contributed by atoms with Crippen molar-refractivity contribution in [3.05, 3.63) is 59.7 Å². The lowest BCUT2D eigenvalue weighted by molar-refractivity contribution is -0.142. The molecule has 0 aliphatic rings.